The van der Waals surface area contributed by atoms with Crippen LogP contribution >= 0.6 is 24.0 Å². The molecule has 0 aliphatic rings. The Balaban J connectivity index is 0.00000196. The lowest BCUT2D eigenvalue weighted by Crippen LogP contribution is -2.17. The molecule has 0 fully saturated rings. The van der Waals surface area contributed by atoms with Gasteiger partial charge in [0.1, 0.15) is 5.75 Å². The zero-order valence-electron chi connectivity index (χ0n) is 7.14. The van der Waals surface area contributed by atoms with Crippen molar-refractivity contribution in [3.05, 3.63) is 23.2 Å². The molecule has 0 aromatic heterocycles. The Morgan fingerprint density at radius 1 is 1.27 bits per heavy atom. The lowest BCUT2D eigenvalue weighted by molar-refractivity contribution is -0.274. The molecule has 0 atom stereocenters. The SMILES string of the molecule is Cl.NNc1cc(Cl)cc(OC(F)(F)F)c1. The highest BCUT2D eigenvalue weighted by atomic mass is 35.5. The molecule has 0 saturated carbocycles. The zero-order valence-corrected chi connectivity index (χ0v) is 8.71. The molecule has 0 heterocycles. The van der Waals surface area contributed by atoms with Gasteiger partial charge in [0.25, 0.3) is 0 Å². The highest BCUT2D eigenvalue weighted by molar-refractivity contribution is 6.31. The molecule has 0 amide bonds. The van der Waals surface area contributed by atoms with Crippen molar-refractivity contribution >= 4 is 29.7 Å². The van der Waals surface area contributed by atoms with E-state index in [9.17, 15) is 13.2 Å². The molecular formula is C7H7Cl2F3N2O. The topological polar surface area (TPSA) is 47.3 Å². The maximum atomic E-state index is 11.8. The number of benzene rings is 1. The van der Waals surface area contributed by atoms with E-state index in [0.29, 0.717) is 0 Å². The molecule has 1 aromatic rings. The maximum absolute atomic E-state index is 11.8. The summed E-state index contributed by atoms with van der Waals surface area (Å²) in [6.07, 6.45) is -4.74. The number of alkyl halides is 3. The highest BCUT2D eigenvalue weighted by Crippen LogP contribution is 2.28. The number of halogens is 5. The average molecular weight is 263 g/mol. The lowest BCUT2D eigenvalue weighted by atomic mass is 10.3. The van der Waals surface area contributed by atoms with Crippen molar-refractivity contribution in [1.82, 2.24) is 0 Å². The van der Waals surface area contributed by atoms with Crippen LogP contribution in [0.2, 0.25) is 5.02 Å². The number of nitrogen functional groups attached to an aromatic ring is 1. The lowest BCUT2D eigenvalue weighted by Gasteiger charge is -2.10. The van der Waals surface area contributed by atoms with Crippen LogP contribution in [0.25, 0.3) is 0 Å². The Morgan fingerprint density at radius 2 is 1.87 bits per heavy atom. The van der Waals surface area contributed by atoms with Crippen LogP contribution < -0.4 is 16.0 Å². The van der Waals surface area contributed by atoms with Gasteiger partial charge >= 0.3 is 6.36 Å². The van der Waals surface area contributed by atoms with Crippen LogP contribution in [0.15, 0.2) is 18.2 Å². The fourth-order valence-electron chi connectivity index (χ4n) is 0.839. The maximum Gasteiger partial charge on any atom is 0.573 e. The minimum Gasteiger partial charge on any atom is -0.406 e. The first kappa shape index (κ1) is 14.2. The van der Waals surface area contributed by atoms with Crippen LogP contribution in [0, 0.1) is 0 Å². The van der Waals surface area contributed by atoms with E-state index in [1.807, 2.05) is 0 Å². The van der Waals surface area contributed by atoms with Gasteiger partial charge in [-0.15, -0.1) is 25.6 Å². The first-order chi connectivity index (χ1) is 6.40. The summed E-state index contributed by atoms with van der Waals surface area (Å²) in [5.41, 5.74) is 2.40. The number of anilines is 1. The van der Waals surface area contributed by atoms with Crippen LogP contribution in [-0.2, 0) is 0 Å². The molecule has 0 aliphatic carbocycles. The summed E-state index contributed by atoms with van der Waals surface area (Å²) < 4.78 is 39.0. The van der Waals surface area contributed by atoms with Crippen molar-refractivity contribution < 1.29 is 17.9 Å². The molecule has 3 nitrogen and oxygen atoms in total. The minimum absolute atomic E-state index is 0. The average Bonchev–Trinajstić information content (AvgIpc) is 1.99. The van der Waals surface area contributed by atoms with Gasteiger partial charge in [-0.05, 0) is 12.1 Å². The van der Waals surface area contributed by atoms with E-state index >= 15 is 0 Å². The normalized spacial score (nSPS) is 10.5. The van der Waals surface area contributed by atoms with E-state index in [2.05, 4.69) is 10.2 Å². The first-order valence-corrected chi connectivity index (χ1v) is 3.81. The van der Waals surface area contributed by atoms with Crippen molar-refractivity contribution in [2.45, 2.75) is 6.36 Å². The fourth-order valence-corrected chi connectivity index (χ4v) is 1.06. The molecule has 0 aliphatic heterocycles. The molecule has 1 aromatic carbocycles. The summed E-state index contributed by atoms with van der Waals surface area (Å²) in [6.45, 7) is 0. The number of nitrogens with one attached hydrogen (secondary N) is 1. The van der Waals surface area contributed by atoms with Crippen LogP contribution in [0.3, 0.4) is 0 Å². The molecule has 0 unspecified atom stereocenters. The molecule has 0 spiro atoms. The number of rotatable bonds is 2. The van der Waals surface area contributed by atoms with Gasteiger partial charge in [0, 0.05) is 11.1 Å². The Bertz CT molecular complexity index is 333. The van der Waals surface area contributed by atoms with Crippen molar-refractivity contribution in [3.8, 4) is 5.75 Å². The van der Waals surface area contributed by atoms with E-state index in [0.717, 1.165) is 12.1 Å². The summed E-state index contributed by atoms with van der Waals surface area (Å²) in [5.74, 6) is 4.59. The molecule has 8 heteroatoms. The van der Waals surface area contributed by atoms with E-state index < -0.39 is 12.1 Å². The predicted octanol–water partition coefficient (Wildman–Crippen LogP) is 2.95. The molecule has 3 N–H and O–H groups in total. The van der Waals surface area contributed by atoms with Gasteiger partial charge in [0.05, 0.1) is 5.69 Å². The quantitative estimate of drug-likeness (QED) is 0.637. The monoisotopic (exact) mass is 262 g/mol. The van der Waals surface area contributed by atoms with E-state index in [1.165, 1.54) is 6.07 Å². The van der Waals surface area contributed by atoms with Gasteiger partial charge in [-0.3, -0.25) is 5.84 Å². The summed E-state index contributed by atoms with van der Waals surface area (Å²) in [6, 6.07) is 3.49. The van der Waals surface area contributed by atoms with Crippen LogP contribution in [0.1, 0.15) is 0 Å². The third-order valence-electron chi connectivity index (χ3n) is 1.27. The Kier molecular flexibility index (Phi) is 4.99. The van der Waals surface area contributed by atoms with Crippen LogP contribution in [-0.4, -0.2) is 6.36 Å². The largest absolute Gasteiger partial charge is 0.573 e. The summed E-state index contributed by atoms with van der Waals surface area (Å²) in [5, 5.41) is 0.0969. The minimum atomic E-state index is -4.74. The smallest absolute Gasteiger partial charge is 0.406 e. The molecule has 0 saturated heterocycles. The number of ether oxygens (including phenoxy) is 1. The Hall–Kier alpha value is -0.850. The van der Waals surface area contributed by atoms with Crippen molar-refractivity contribution in [3.63, 3.8) is 0 Å². The van der Waals surface area contributed by atoms with Gasteiger partial charge in [-0.1, -0.05) is 11.6 Å². The van der Waals surface area contributed by atoms with Crippen molar-refractivity contribution in [1.29, 1.82) is 0 Å². The molecule has 1 rings (SSSR count). The highest BCUT2D eigenvalue weighted by Gasteiger charge is 2.31. The van der Waals surface area contributed by atoms with Gasteiger partial charge in [0.15, 0.2) is 0 Å². The molecule has 15 heavy (non-hydrogen) atoms. The molecule has 86 valence electrons. The van der Waals surface area contributed by atoms with Crippen molar-refractivity contribution in [2.75, 3.05) is 5.43 Å². The van der Waals surface area contributed by atoms with Gasteiger partial charge < -0.3 is 10.2 Å². The molecule has 0 bridgehead atoms. The number of nitrogens with two attached hydrogens (primary N) is 1. The standard InChI is InChI=1S/C7H6ClF3N2O.ClH/c8-4-1-5(13-12)3-6(2-4)14-7(9,10)11;/h1-3,13H,12H2;1H. The summed E-state index contributed by atoms with van der Waals surface area (Å²) in [4.78, 5) is 0. The Labute approximate surface area is 94.7 Å². The van der Waals surface area contributed by atoms with Gasteiger partial charge in [-0.25, -0.2) is 0 Å². The third kappa shape index (κ3) is 4.96. The van der Waals surface area contributed by atoms with Crippen LogP contribution in [0.4, 0.5) is 18.9 Å². The van der Waals surface area contributed by atoms with Gasteiger partial charge in [0.2, 0.25) is 0 Å². The van der Waals surface area contributed by atoms with E-state index in [-0.39, 0.29) is 23.1 Å². The molecular weight excluding hydrogens is 256 g/mol. The van der Waals surface area contributed by atoms with E-state index in [1.54, 1.807) is 0 Å². The Morgan fingerprint density at radius 3 is 2.33 bits per heavy atom. The first-order valence-electron chi connectivity index (χ1n) is 3.43. The number of hydrazine groups is 1. The second-order valence-electron chi connectivity index (χ2n) is 2.37. The second-order valence-corrected chi connectivity index (χ2v) is 2.80. The second kappa shape index (κ2) is 5.29. The fraction of sp³-hybridized carbons (Fsp3) is 0.143. The zero-order chi connectivity index (χ0) is 10.8. The van der Waals surface area contributed by atoms with E-state index in [4.69, 9.17) is 17.4 Å². The number of hydrogen-bond acceptors (Lipinski definition) is 3. The predicted molar refractivity (Wildman–Crippen MR) is 53.2 cm³/mol. The summed E-state index contributed by atoms with van der Waals surface area (Å²) >= 11 is 5.51. The van der Waals surface area contributed by atoms with Crippen molar-refractivity contribution in [2.24, 2.45) is 5.84 Å². The molecule has 0 radical (unpaired) electrons. The third-order valence-corrected chi connectivity index (χ3v) is 1.49. The van der Waals surface area contributed by atoms with Crippen LogP contribution in [0.5, 0.6) is 5.75 Å². The van der Waals surface area contributed by atoms with Gasteiger partial charge in [-0.2, -0.15) is 0 Å². The summed E-state index contributed by atoms with van der Waals surface area (Å²) in [7, 11) is 0. The number of hydrogen-bond donors (Lipinski definition) is 2.